The van der Waals surface area contributed by atoms with Crippen LogP contribution in [0, 0.1) is 5.92 Å². The van der Waals surface area contributed by atoms with Crippen LogP contribution in [-0.2, 0) is 9.53 Å². The Hall–Kier alpha value is -1.78. The molecule has 5 heteroatoms. The summed E-state index contributed by atoms with van der Waals surface area (Å²) in [6.07, 6.45) is 9.65. The van der Waals surface area contributed by atoms with E-state index in [9.17, 15) is 9.59 Å². The van der Waals surface area contributed by atoms with Crippen molar-refractivity contribution in [1.82, 2.24) is 10.2 Å². The molecule has 1 saturated heterocycles. The summed E-state index contributed by atoms with van der Waals surface area (Å²) in [5.41, 5.74) is -0.461. The molecule has 1 N–H and O–H groups in total. The Kier molecular flexibility index (Phi) is 7.86. The van der Waals surface area contributed by atoms with Crippen LogP contribution in [0.5, 0.6) is 0 Å². The summed E-state index contributed by atoms with van der Waals surface area (Å²) in [5, 5.41) is 2.88. The minimum Gasteiger partial charge on any atom is -0.444 e. The molecule has 1 fully saturated rings. The number of hydrogen-bond donors (Lipinski definition) is 1. The Labute approximate surface area is 139 Å². The van der Waals surface area contributed by atoms with Gasteiger partial charge in [-0.15, -0.1) is 0 Å². The lowest BCUT2D eigenvalue weighted by molar-refractivity contribution is -0.116. The number of rotatable bonds is 5. The van der Waals surface area contributed by atoms with Crippen molar-refractivity contribution >= 4 is 12.0 Å². The van der Waals surface area contributed by atoms with Crippen molar-refractivity contribution in [2.24, 2.45) is 5.92 Å². The fraction of sp³-hybridized carbons (Fsp3) is 0.667. The summed E-state index contributed by atoms with van der Waals surface area (Å²) in [7, 11) is 0. The largest absolute Gasteiger partial charge is 0.444 e. The molecule has 23 heavy (non-hydrogen) atoms. The van der Waals surface area contributed by atoms with Gasteiger partial charge < -0.3 is 15.0 Å². The Morgan fingerprint density at radius 1 is 1.30 bits per heavy atom. The number of carbonyl (C=O) groups is 2. The summed E-state index contributed by atoms with van der Waals surface area (Å²) in [6, 6.07) is 0. The maximum atomic E-state index is 12.1. The number of nitrogens with zero attached hydrogens (tertiary/aromatic N) is 1. The summed E-state index contributed by atoms with van der Waals surface area (Å²) >= 11 is 0. The van der Waals surface area contributed by atoms with Crippen LogP contribution in [0.3, 0.4) is 0 Å². The molecule has 1 aliphatic heterocycles. The van der Waals surface area contributed by atoms with E-state index in [0.29, 0.717) is 19.0 Å². The molecule has 0 aromatic carbocycles. The lowest BCUT2D eigenvalue weighted by Gasteiger charge is -2.34. The van der Waals surface area contributed by atoms with Gasteiger partial charge in [0.1, 0.15) is 5.60 Å². The van der Waals surface area contributed by atoms with Crippen molar-refractivity contribution < 1.29 is 14.3 Å². The lowest BCUT2D eigenvalue weighted by Crippen LogP contribution is -2.43. The number of nitrogens with one attached hydrogen (secondary N) is 1. The average Bonchev–Trinajstić information content (AvgIpc) is 2.46. The smallest absolute Gasteiger partial charge is 0.410 e. The first-order valence-corrected chi connectivity index (χ1v) is 8.37. The third-order valence-corrected chi connectivity index (χ3v) is 3.57. The number of likely N-dealkylation sites (tertiary alicyclic amines) is 1. The van der Waals surface area contributed by atoms with E-state index in [-0.39, 0.29) is 12.0 Å². The van der Waals surface area contributed by atoms with Gasteiger partial charge in [0.15, 0.2) is 0 Å². The zero-order valence-electron chi connectivity index (χ0n) is 14.8. The van der Waals surface area contributed by atoms with E-state index in [1.165, 1.54) is 6.08 Å². The molecule has 0 aliphatic carbocycles. The van der Waals surface area contributed by atoms with Crippen LogP contribution in [0.4, 0.5) is 4.79 Å². The predicted octanol–water partition coefficient (Wildman–Crippen LogP) is 3.27. The van der Waals surface area contributed by atoms with Crippen LogP contribution in [-0.4, -0.2) is 42.1 Å². The zero-order valence-corrected chi connectivity index (χ0v) is 14.8. The maximum absolute atomic E-state index is 12.1. The number of piperidine rings is 1. The number of allylic oxidation sites excluding steroid dienone is 3. The fourth-order valence-electron chi connectivity index (χ4n) is 2.51. The predicted molar refractivity (Wildman–Crippen MR) is 92.1 cm³/mol. The molecule has 1 atom stereocenters. The van der Waals surface area contributed by atoms with Crippen molar-refractivity contribution in [3.05, 3.63) is 24.3 Å². The van der Waals surface area contributed by atoms with Gasteiger partial charge in [0, 0.05) is 25.7 Å². The highest BCUT2D eigenvalue weighted by molar-refractivity contribution is 5.87. The van der Waals surface area contributed by atoms with E-state index in [4.69, 9.17) is 4.74 Å². The van der Waals surface area contributed by atoms with Crippen LogP contribution in [0.1, 0.15) is 47.0 Å². The quantitative estimate of drug-likeness (QED) is 0.624. The minimum absolute atomic E-state index is 0.0806. The van der Waals surface area contributed by atoms with E-state index >= 15 is 0 Å². The van der Waals surface area contributed by atoms with Crippen molar-refractivity contribution in [3.63, 3.8) is 0 Å². The second-order valence-electron chi connectivity index (χ2n) is 6.90. The first-order chi connectivity index (χ1) is 10.8. The van der Waals surface area contributed by atoms with E-state index in [0.717, 1.165) is 25.8 Å². The molecule has 5 nitrogen and oxygen atoms in total. The SMILES string of the molecule is C/C=C/C=C/C(=O)NCCC1CCCN(C(=O)OC(C)(C)C)C1. The summed E-state index contributed by atoms with van der Waals surface area (Å²) in [4.78, 5) is 25.5. The molecule has 1 heterocycles. The van der Waals surface area contributed by atoms with Gasteiger partial charge in [-0.25, -0.2) is 4.79 Å². The maximum Gasteiger partial charge on any atom is 0.410 e. The first-order valence-electron chi connectivity index (χ1n) is 8.37. The van der Waals surface area contributed by atoms with E-state index < -0.39 is 5.60 Å². The summed E-state index contributed by atoms with van der Waals surface area (Å²) < 4.78 is 5.42. The van der Waals surface area contributed by atoms with Crippen molar-refractivity contribution in [3.8, 4) is 0 Å². The molecule has 130 valence electrons. The first kappa shape index (κ1) is 19.3. The molecule has 1 rings (SSSR count). The van der Waals surface area contributed by atoms with Crippen LogP contribution in [0.2, 0.25) is 0 Å². The van der Waals surface area contributed by atoms with Gasteiger partial charge in [0.05, 0.1) is 0 Å². The number of carbonyl (C=O) groups excluding carboxylic acids is 2. The highest BCUT2D eigenvalue weighted by Crippen LogP contribution is 2.21. The molecule has 0 bridgehead atoms. The lowest BCUT2D eigenvalue weighted by atomic mass is 9.95. The number of ether oxygens (including phenoxy) is 1. The van der Waals surface area contributed by atoms with Gasteiger partial charge >= 0.3 is 6.09 Å². The topological polar surface area (TPSA) is 58.6 Å². The van der Waals surface area contributed by atoms with Crippen molar-refractivity contribution in [2.45, 2.75) is 52.6 Å². The number of amides is 2. The molecule has 2 amide bonds. The van der Waals surface area contributed by atoms with Gasteiger partial charge in [0.2, 0.25) is 5.91 Å². The van der Waals surface area contributed by atoms with Gasteiger partial charge in [-0.05, 0) is 52.9 Å². The molecular formula is C18H30N2O3. The van der Waals surface area contributed by atoms with Crippen LogP contribution < -0.4 is 5.32 Å². The van der Waals surface area contributed by atoms with Gasteiger partial charge in [-0.3, -0.25) is 4.79 Å². The van der Waals surface area contributed by atoms with Gasteiger partial charge in [0.25, 0.3) is 0 Å². The molecule has 0 spiro atoms. The zero-order chi connectivity index (χ0) is 17.3. The normalized spacial score (nSPS) is 19.3. The standard InChI is InChI=1S/C18H30N2O3/c1-5-6-7-10-16(21)19-12-11-15-9-8-13-20(14-15)17(22)23-18(2,3)4/h5-7,10,15H,8-9,11-14H2,1-4H3,(H,19,21)/b6-5+,10-7+. The third kappa shape index (κ3) is 8.43. The molecular weight excluding hydrogens is 292 g/mol. The molecule has 0 saturated carbocycles. The Bertz CT molecular complexity index is 450. The highest BCUT2D eigenvalue weighted by atomic mass is 16.6. The van der Waals surface area contributed by atoms with Crippen LogP contribution in [0.25, 0.3) is 0 Å². The second-order valence-corrected chi connectivity index (χ2v) is 6.90. The molecule has 0 radical (unpaired) electrons. The summed E-state index contributed by atoms with van der Waals surface area (Å²) in [5.74, 6) is 0.332. The van der Waals surface area contributed by atoms with Crippen LogP contribution in [0.15, 0.2) is 24.3 Å². The average molecular weight is 322 g/mol. The van der Waals surface area contributed by atoms with Crippen molar-refractivity contribution in [2.75, 3.05) is 19.6 Å². The molecule has 0 aromatic rings. The summed E-state index contributed by atoms with van der Waals surface area (Å²) in [6.45, 7) is 9.63. The van der Waals surface area contributed by atoms with Gasteiger partial charge in [-0.2, -0.15) is 0 Å². The Morgan fingerprint density at radius 2 is 2.04 bits per heavy atom. The monoisotopic (exact) mass is 322 g/mol. The van der Waals surface area contributed by atoms with E-state index in [2.05, 4.69) is 5.32 Å². The van der Waals surface area contributed by atoms with Gasteiger partial charge in [-0.1, -0.05) is 18.2 Å². The molecule has 1 unspecified atom stereocenters. The highest BCUT2D eigenvalue weighted by Gasteiger charge is 2.27. The Balaban J connectivity index is 2.33. The molecule has 1 aliphatic rings. The fourth-order valence-corrected chi connectivity index (χ4v) is 2.51. The van der Waals surface area contributed by atoms with E-state index in [1.807, 2.05) is 39.8 Å². The minimum atomic E-state index is -0.461. The molecule has 0 aromatic heterocycles. The second kappa shape index (κ2) is 9.38. The Morgan fingerprint density at radius 3 is 2.70 bits per heavy atom. The van der Waals surface area contributed by atoms with E-state index in [1.54, 1.807) is 11.0 Å². The third-order valence-electron chi connectivity index (χ3n) is 3.57. The van der Waals surface area contributed by atoms with Crippen molar-refractivity contribution in [1.29, 1.82) is 0 Å². The van der Waals surface area contributed by atoms with Crippen LogP contribution >= 0.6 is 0 Å². The number of hydrogen-bond acceptors (Lipinski definition) is 3.